The summed E-state index contributed by atoms with van der Waals surface area (Å²) in [7, 11) is 2.07. The Morgan fingerprint density at radius 3 is 2.64 bits per heavy atom. The number of aryl methyl sites for hydroxylation is 1. The van der Waals surface area contributed by atoms with Crippen molar-refractivity contribution >= 4 is 28.5 Å². The number of hydrogen-bond donors (Lipinski definition) is 0. The minimum absolute atomic E-state index is 0.0150. The molecule has 0 saturated heterocycles. The van der Waals surface area contributed by atoms with Crippen molar-refractivity contribution in [2.75, 3.05) is 38.1 Å². The monoisotopic (exact) mass is 447 g/mol. The molecule has 0 fully saturated rings. The van der Waals surface area contributed by atoms with E-state index in [1.807, 2.05) is 58.6 Å². The van der Waals surface area contributed by atoms with Gasteiger partial charge < -0.3 is 19.3 Å². The van der Waals surface area contributed by atoms with Crippen LogP contribution < -0.4 is 4.90 Å². The topological polar surface area (TPSA) is 61.7 Å². The molecule has 174 valence electrons. The SMILES string of the molecule is CCCn1cnc2cc(C(=O)N3CCN(C)CCCN(C(C)=O)c4ccccc4C3)ccc21. The van der Waals surface area contributed by atoms with Gasteiger partial charge in [-0.25, -0.2) is 4.98 Å². The van der Waals surface area contributed by atoms with Gasteiger partial charge in [0, 0.05) is 50.9 Å². The van der Waals surface area contributed by atoms with E-state index in [4.69, 9.17) is 0 Å². The van der Waals surface area contributed by atoms with Crippen molar-refractivity contribution in [3.05, 3.63) is 59.9 Å². The van der Waals surface area contributed by atoms with Crippen LogP contribution in [0.25, 0.3) is 11.0 Å². The highest BCUT2D eigenvalue weighted by Crippen LogP contribution is 2.25. The van der Waals surface area contributed by atoms with Gasteiger partial charge in [0.05, 0.1) is 17.4 Å². The van der Waals surface area contributed by atoms with E-state index < -0.39 is 0 Å². The van der Waals surface area contributed by atoms with Gasteiger partial charge in [-0.15, -0.1) is 0 Å². The zero-order valence-electron chi connectivity index (χ0n) is 19.8. The maximum absolute atomic E-state index is 13.6. The van der Waals surface area contributed by atoms with Gasteiger partial charge in [-0.2, -0.15) is 0 Å². The molecule has 0 saturated carbocycles. The Hall–Kier alpha value is -3.19. The first-order valence-electron chi connectivity index (χ1n) is 11.8. The van der Waals surface area contributed by atoms with E-state index >= 15 is 0 Å². The molecule has 1 aliphatic heterocycles. The lowest BCUT2D eigenvalue weighted by molar-refractivity contribution is -0.116. The van der Waals surface area contributed by atoms with Crippen molar-refractivity contribution in [2.24, 2.45) is 0 Å². The first kappa shape index (κ1) is 23.0. The Kier molecular flexibility index (Phi) is 7.08. The zero-order chi connectivity index (χ0) is 23.4. The van der Waals surface area contributed by atoms with Crippen molar-refractivity contribution in [3.63, 3.8) is 0 Å². The van der Waals surface area contributed by atoms with Crippen molar-refractivity contribution in [1.82, 2.24) is 19.4 Å². The number of fused-ring (bicyclic) bond motifs is 2. The fourth-order valence-electron chi connectivity index (χ4n) is 4.51. The quantitative estimate of drug-likeness (QED) is 0.613. The van der Waals surface area contributed by atoms with Crippen molar-refractivity contribution in [3.8, 4) is 0 Å². The molecule has 0 spiro atoms. The molecule has 1 aliphatic rings. The molecule has 2 amide bonds. The van der Waals surface area contributed by atoms with E-state index in [1.165, 1.54) is 0 Å². The fraction of sp³-hybridized carbons (Fsp3) is 0.423. The van der Waals surface area contributed by atoms with Gasteiger partial charge in [0.2, 0.25) is 5.91 Å². The number of hydrogen-bond acceptors (Lipinski definition) is 4. The summed E-state index contributed by atoms with van der Waals surface area (Å²) in [5, 5.41) is 0. The molecule has 0 aliphatic carbocycles. The van der Waals surface area contributed by atoms with E-state index in [2.05, 4.69) is 28.4 Å². The molecule has 2 heterocycles. The molecule has 0 bridgehead atoms. The van der Waals surface area contributed by atoms with Crippen LogP contribution in [-0.2, 0) is 17.9 Å². The van der Waals surface area contributed by atoms with Gasteiger partial charge in [0.25, 0.3) is 5.91 Å². The lowest BCUT2D eigenvalue weighted by Gasteiger charge is -2.27. The summed E-state index contributed by atoms with van der Waals surface area (Å²) in [4.78, 5) is 36.5. The van der Waals surface area contributed by atoms with Crippen LogP contribution in [0.15, 0.2) is 48.8 Å². The summed E-state index contributed by atoms with van der Waals surface area (Å²) in [6.45, 7) is 8.04. The smallest absolute Gasteiger partial charge is 0.254 e. The predicted molar refractivity (Wildman–Crippen MR) is 131 cm³/mol. The summed E-state index contributed by atoms with van der Waals surface area (Å²) < 4.78 is 2.12. The van der Waals surface area contributed by atoms with E-state index in [9.17, 15) is 9.59 Å². The van der Waals surface area contributed by atoms with Gasteiger partial charge >= 0.3 is 0 Å². The van der Waals surface area contributed by atoms with E-state index in [-0.39, 0.29) is 11.8 Å². The van der Waals surface area contributed by atoms with Gasteiger partial charge in [-0.3, -0.25) is 9.59 Å². The van der Waals surface area contributed by atoms with Crippen LogP contribution in [0.2, 0.25) is 0 Å². The van der Waals surface area contributed by atoms with Gasteiger partial charge in [-0.05, 0) is 56.3 Å². The van der Waals surface area contributed by atoms with Crippen molar-refractivity contribution in [2.45, 2.75) is 39.8 Å². The number of anilines is 1. The third kappa shape index (κ3) is 5.09. The number of imidazole rings is 1. The molecule has 2 aromatic carbocycles. The Labute approximate surface area is 195 Å². The number of amides is 2. The van der Waals surface area contributed by atoms with E-state index in [1.54, 1.807) is 6.92 Å². The summed E-state index contributed by atoms with van der Waals surface area (Å²) in [5.74, 6) is 0.00844. The van der Waals surface area contributed by atoms with Crippen LogP contribution in [0, 0.1) is 0 Å². The van der Waals surface area contributed by atoms with Crippen LogP contribution in [0.3, 0.4) is 0 Å². The average molecular weight is 448 g/mol. The second-order valence-electron chi connectivity index (χ2n) is 8.82. The van der Waals surface area contributed by atoms with E-state index in [0.717, 1.165) is 54.8 Å². The Morgan fingerprint density at radius 1 is 1.03 bits per heavy atom. The summed E-state index contributed by atoms with van der Waals surface area (Å²) in [6, 6.07) is 13.7. The van der Waals surface area contributed by atoms with Gasteiger partial charge in [0.15, 0.2) is 0 Å². The third-order valence-corrected chi connectivity index (χ3v) is 6.32. The molecular weight excluding hydrogens is 414 g/mol. The Bertz CT molecular complexity index is 1140. The maximum Gasteiger partial charge on any atom is 0.254 e. The predicted octanol–water partition coefficient (Wildman–Crippen LogP) is 3.78. The first-order valence-corrected chi connectivity index (χ1v) is 11.8. The average Bonchev–Trinajstić information content (AvgIpc) is 3.20. The molecule has 0 radical (unpaired) electrons. The number of likely N-dealkylation sites (N-methyl/N-ethyl adjacent to an activating group) is 1. The highest BCUT2D eigenvalue weighted by molar-refractivity contribution is 5.97. The molecule has 0 N–H and O–H groups in total. The molecule has 0 unspecified atom stereocenters. The largest absolute Gasteiger partial charge is 0.333 e. The van der Waals surface area contributed by atoms with Crippen molar-refractivity contribution in [1.29, 1.82) is 0 Å². The maximum atomic E-state index is 13.6. The van der Waals surface area contributed by atoms with Crippen molar-refractivity contribution < 1.29 is 9.59 Å². The van der Waals surface area contributed by atoms with Crippen LogP contribution in [0.5, 0.6) is 0 Å². The zero-order valence-corrected chi connectivity index (χ0v) is 19.8. The first-order chi connectivity index (χ1) is 16.0. The summed E-state index contributed by atoms with van der Waals surface area (Å²) in [6.07, 6.45) is 3.76. The number of nitrogens with zero attached hydrogens (tertiary/aromatic N) is 5. The standard InChI is InChI=1S/C26H33N5O2/c1-4-12-30-19-27-23-17-21(10-11-25(23)30)26(33)29-16-15-28(3)13-7-14-31(20(2)32)24-9-6-5-8-22(24)18-29/h5-6,8-11,17,19H,4,7,12-16,18H2,1-3H3. The molecule has 4 rings (SSSR count). The lowest BCUT2D eigenvalue weighted by atomic mass is 10.1. The Morgan fingerprint density at radius 2 is 1.85 bits per heavy atom. The minimum Gasteiger partial charge on any atom is -0.333 e. The normalized spacial score (nSPS) is 15.8. The molecular formula is C26H33N5O2. The van der Waals surface area contributed by atoms with Crippen LogP contribution >= 0.6 is 0 Å². The number of aromatic nitrogens is 2. The second kappa shape index (κ2) is 10.2. The number of carbonyl (C=O) groups excluding carboxylic acids is 2. The molecule has 1 aromatic heterocycles. The molecule has 3 aromatic rings. The summed E-state index contributed by atoms with van der Waals surface area (Å²) in [5.41, 5.74) is 4.41. The highest BCUT2D eigenvalue weighted by Gasteiger charge is 2.22. The molecule has 0 atom stereocenters. The van der Waals surface area contributed by atoms with Crippen LogP contribution in [0.1, 0.15) is 42.6 Å². The van der Waals surface area contributed by atoms with Gasteiger partial charge in [-0.1, -0.05) is 25.1 Å². The third-order valence-electron chi connectivity index (χ3n) is 6.32. The fourth-order valence-corrected chi connectivity index (χ4v) is 4.51. The highest BCUT2D eigenvalue weighted by atomic mass is 16.2. The lowest BCUT2D eigenvalue weighted by Crippen LogP contribution is -2.37. The Balaban J connectivity index is 1.67. The van der Waals surface area contributed by atoms with Gasteiger partial charge in [0.1, 0.15) is 0 Å². The summed E-state index contributed by atoms with van der Waals surface area (Å²) >= 11 is 0. The number of benzene rings is 2. The number of para-hydroxylation sites is 1. The van der Waals surface area contributed by atoms with Crippen LogP contribution in [-0.4, -0.2) is 64.4 Å². The number of rotatable bonds is 3. The number of carbonyl (C=O) groups is 2. The van der Waals surface area contributed by atoms with Crippen LogP contribution in [0.4, 0.5) is 5.69 Å². The molecule has 33 heavy (non-hydrogen) atoms. The molecule has 7 nitrogen and oxygen atoms in total. The minimum atomic E-state index is -0.0150. The second-order valence-corrected chi connectivity index (χ2v) is 8.82. The van der Waals surface area contributed by atoms with E-state index in [0.29, 0.717) is 25.2 Å². The molecule has 7 heteroatoms.